The first kappa shape index (κ1) is 10.2. The Balaban J connectivity index is 2.36. The summed E-state index contributed by atoms with van der Waals surface area (Å²) in [6.45, 7) is 2.00. The molecule has 0 bridgehead atoms. The monoisotopic (exact) mass is 220 g/mol. The van der Waals surface area contributed by atoms with Crippen LogP contribution in [-0.4, -0.2) is 12.8 Å². The largest absolute Gasteiger partial charge is 0.388 e. The van der Waals surface area contributed by atoms with Crippen LogP contribution in [0.2, 0.25) is 0 Å². The summed E-state index contributed by atoms with van der Waals surface area (Å²) in [5.74, 6) is 0. The minimum atomic E-state index is 0.626. The third kappa shape index (κ3) is 2.05. The van der Waals surface area contributed by atoms with E-state index in [4.69, 9.17) is 11.6 Å². The Bertz CT molecular complexity index is 447. The SMILES string of the molecule is CNc1cccc(C2=C(Cl)N=C(C)C2)c1. The predicted octanol–water partition coefficient (Wildman–Crippen LogP) is 3.50. The van der Waals surface area contributed by atoms with E-state index in [1.807, 2.05) is 26.1 Å². The van der Waals surface area contributed by atoms with Crippen molar-refractivity contribution in [2.75, 3.05) is 12.4 Å². The Morgan fingerprint density at radius 3 is 2.80 bits per heavy atom. The number of allylic oxidation sites excluding steroid dienone is 1. The van der Waals surface area contributed by atoms with E-state index in [9.17, 15) is 0 Å². The number of hydrogen-bond donors (Lipinski definition) is 1. The molecule has 1 aliphatic heterocycles. The highest BCUT2D eigenvalue weighted by Gasteiger charge is 2.15. The molecule has 0 saturated carbocycles. The van der Waals surface area contributed by atoms with Gasteiger partial charge in [0.05, 0.1) is 0 Å². The second-order valence-electron chi connectivity index (χ2n) is 3.62. The molecular formula is C12H13ClN2. The van der Waals surface area contributed by atoms with Crippen LogP contribution in [0.25, 0.3) is 5.57 Å². The normalized spacial score (nSPS) is 15.5. The molecule has 0 aliphatic carbocycles. The molecule has 0 saturated heterocycles. The molecule has 1 aromatic carbocycles. The first-order chi connectivity index (χ1) is 7.20. The number of nitrogens with zero attached hydrogens (tertiary/aromatic N) is 1. The van der Waals surface area contributed by atoms with Gasteiger partial charge in [0.2, 0.25) is 0 Å². The first-order valence-electron chi connectivity index (χ1n) is 4.91. The van der Waals surface area contributed by atoms with Gasteiger partial charge >= 0.3 is 0 Å². The molecule has 2 rings (SSSR count). The van der Waals surface area contributed by atoms with Gasteiger partial charge in [-0.05, 0) is 24.6 Å². The Morgan fingerprint density at radius 1 is 1.40 bits per heavy atom. The van der Waals surface area contributed by atoms with Crippen LogP contribution in [0.3, 0.4) is 0 Å². The summed E-state index contributed by atoms with van der Waals surface area (Å²) >= 11 is 6.07. The molecule has 1 N–H and O–H groups in total. The van der Waals surface area contributed by atoms with Crippen molar-refractivity contribution in [2.45, 2.75) is 13.3 Å². The number of anilines is 1. The van der Waals surface area contributed by atoms with Crippen LogP contribution in [0.15, 0.2) is 34.4 Å². The highest BCUT2D eigenvalue weighted by atomic mass is 35.5. The van der Waals surface area contributed by atoms with Gasteiger partial charge < -0.3 is 5.32 Å². The highest BCUT2D eigenvalue weighted by Crippen LogP contribution is 2.32. The van der Waals surface area contributed by atoms with Crippen molar-refractivity contribution in [3.05, 3.63) is 35.0 Å². The molecule has 78 valence electrons. The van der Waals surface area contributed by atoms with Crippen molar-refractivity contribution in [2.24, 2.45) is 4.99 Å². The molecular weight excluding hydrogens is 208 g/mol. The second kappa shape index (κ2) is 4.07. The number of halogens is 1. The minimum Gasteiger partial charge on any atom is -0.388 e. The fraction of sp³-hybridized carbons (Fsp3) is 0.250. The number of hydrogen-bond acceptors (Lipinski definition) is 2. The molecule has 0 fully saturated rings. The second-order valence-corrected chi connectivity index (χ2v) is 3.98. The predicted molar refractivity (Wildman–Crippen MR) is 66.5 cm³/mol. The Hall–Kier alpha value is -1.28. The number of benzene rings is 1. The van der Waals surface area contributed by atoms with Gasteiger partial charge in [0.15, 0.2) is 0 Å². The van der Waals surface area contributed by atoms with Crippen LogP contribution in [-0.2, 0) is 0 Å². The lowest BCUT2D eigenvalue weighted by Crippen LogP contribution is -1.91. The van der Waals surface area contributed by atoms with Crippen LogP contribution in [0.5, 0.6) is 0 Å². The highest BCUT2D eigenvalue weighted by molar-refractivity contribution is 6.34. The molecule has 0 atom stereocenters. The zero-order chi connectivity index (χ0) is 10.8. The number of nitrogens with one attached hydrogen (secondary N) is 1. The van der Waals surface area contributed by atoms with Gasteiger partial charge in [0, 0.05) is 30.4 Å². The minimum absolute atomic E-state index is 0.626. The van der Waals surface area contributed by atoms with Crippen molar-refractivity contribution >= 4 is 28.6 Å². The van der Waals surface area contributed by atoms with E-state index in [1.54, 1.807) is 0 Å². The van der Waals surface area contributed by atoms with Gasteiger partial charge in [-0.3, -0.25) is 0 Å². The molecule has 1 aliphatic rings. The maximum atomic E-state index is 6.07. The van der Waals surface area contributed by atoms with E-state index >= 15 is 0 Å². The molecule has 1 heterocycles. The summed E-state index contributed by atoms with van der Waals surface area (Å²) in [4.78, 5) is 4.24. The van der Waals surface area contributed by atoms with Gasteiger partial charge in [-0.1, -0.05) is 23.7 Å². The molecule has 15 heavy (non-hydrogen) atoms. The lowest BCUT2D eigenvalue weighted by atomic mass is 10.0. The molecule has 2 nitrogen and oxygen atoms in total. The van der Waals surface area contributed by atoms with E-state index < -0.39 is 0 Å². The van der Waals surface area contributed by atoms with E-state index in [0.717, 1.165) is 29.0 Å². The number of rotatable bonds is 2. The van der Waals surface area contributed by atoms with Crippen molar-refractivity contribution in [1.29, 1.82) is 0 Å². The lowest BCUT2D eigenvalue weighted by molar-refractivity contribution is 1.45. The van der Waals surface area contributed by atoms with Gasteiger partial charge in [-0.15, -0.1) is 0 Å². The van der Waals surface area contributed by atoms with Crippen LogP contribution >= 0.6 is 11.6 Å². The van der Waals surface area contributed by atoms with Crippen LogP contribution in [0.4, 0.5) is 5.69 Å². The summed E-state index contributed by atoms with van der Waals surface area (Å²) in [5, 5.41) is 3.74. The molecule has 0 radical (unpaired) electrons. The topological polar surface area (TPSA) is 24.4 Å². The summed E-state index contributed by atoms with van der Waals surface area (Å²) in [7, 11) is 1.91. The van der Waals surface area contributed by atoms with Crippen molar-refractivity contribution in [1.82, 2.24) is 0 Å². The van der Waals surface area contributed by atoms with Crippen molar-refractivity contribution in [3.8, 4) is 0 Å². The lowest BCUT2D eigenvalue weighted by Gasteiger charge is -2.05. The average molecular weight is 221 g/mol. The zero-order valence-corrected chi connectivity index (χ0v) is 9.60. The van der Waals surface area contributed by atoms with Crippen LogP contribution < -0.4 is 5.32 Å². The molecule has 3 heteroatoms. The fourth-order valence-electron chi connectivity index (χ4n) is 1.69. The van der Waals surface area contributed by atoms with Gasteiger partial charge in [0.1, 0.15) is 5.16 Å². The maximum absolute atomic E-state index is 6.07. The van der Waals surface area contributed by atoms with E-state index in [-0.39, 0.29) is 0 Å². The maximum Gasteiger partial charge on any atom is 0.133 e. The molecule has 0 spiro atoms. The molecule has 0 amide bonds. The third-order valence-corrected chi connectivity index (χ3v) is 2.78. The Kier molecular flexibility index (Phi) is 2.78. The van der Waals surface area contributed by atoms with Crippen LogP contribution in [0, 0.1) is 0 Å². The Labute approximate surface area is 94.7 Å². The van der Waals surface area contributed by atoms with E-state index in [1.165, 1.54) is 0 Å². The smallest absolute Gasteiger partial charge is 0.133 e. The quantitative estimate of drug-likeness (QED) is 0.758. The Morgan fingerprint density at radius 2 is 2.20 bits per heavy atom. The van der Waals surface area contributed by atoms with Crippen LogP contribution in [0.1, 0.15) is 18.9 Å². The fourth-order valence-corrected chi connectivity index (χ4v) is 2.01. The summed E-state index contributed by atoms with van der Waals surface area (Å²) in [5.41, 5.74) is 4.43. The summed E-state index contributed by atoms with van der Waals surface area (Å²) in [6, 6.07) is 8.20. The van der Waals surface area contributed by atoms with E-state index in [0.29, 0.717) is 5.16 Å². The zero-order valence-electron chi connectivity index (χ0n) is 8.84. The average Bonchev–Trinajstić information content (AvgIpc) is 2.58. The van der Waals surface area contributed by atoms with Gasteiger partial charge in [-0.2, -0.15) is 0 Å². The van der Waals surface area contributed by atoms with E-state index in [2.05, 4.69) is 22.4 Å². The molecule has 0 unspecified atom stereocenters. The standard InChI is InChI=1S/C12H13ClN2/c1-8-6-11(12(13)15-8)9-4-3-5-10(7-9)14-2/h3-5,7,14H,6H2,1-2H3. The third-order valence-electron chi connectivity index (χ3n) is 2.47. The molecule has 0 aromatic heterocycles. The summed E-state index contributed by atoms with van der Waals surface area (Å²) < 4.78 is 0. The van der Waals surface area contributed by atoms with Gasteiger partial charge in [-0.25, -0.2) is 4.99 Å². The first-order valence-corrected chi connectivity index (χ1v) is 5.29. The summed E-state index contributed by atoms with van der Waals surface area (Å²) in [6.07, 6.45) is 0.853. The van der Waals surface area contributed by atoms with Crippen molar-refractivity contribution in [3.63, 3.8) is 0 Å². The number of aliphatic imine (C=N–C) groups is 1. The van der Waals surface area contributed by atoms with Gasteiger partial charge in [0.25, 0.3) is 0 Å². The molecule has 1 aromatic rings. The van der Waals surface area contributed by atoms with Crippen molar-refractivity contribution < 1.29 is 0 Å².